The van der Waals surface area contributed by atoms with Crippen LogP contribution < -0.4 is 10.2 Å². The third kappa shape index (κ3) is 2.51. The van der Waals surface area contributed by atoms with E-state index >= 15 is 0 Å². The first-order valence-corrected chi connectivity index (χ1v) is 5.75. The van der Waals surface area contributed by atoms with Gasteiger partial charge >= 0.3 is 0 Å². The van der Waals surface area contributed by atoms with E-state index in [0.717, 1.165) is 31.9 Å². The summed E-state index contributed by atoms with van der Waals surface area (Å²) in [6, 6.07) is 4.18. The van der Waals surface area contributed by atoms with E-state index in [4.69, 9.17) is 4.74 Å². The Bertz CT molecular complexity index is 320. The highest BCUT2D eigenvalue weighted by Crippen LogP contribution is 2.18. The van der Waals surface area contributed by atoms with Crippen LogP contribution in [0.4, 0.5) is 5.69 Å². The lowest BCUT2D eigenvalue weighted by molar-refractivity contribution is 0.116. The molecule has 88 valence electrons. The summed E-state index contributed by atoms with van der Waals surface area (Å²) in [5.41, 5.74) is 2.19. The smallest absolute Gasteiger partial charge is 0.0962 e. The maximum Gasteiger partial charge on any atom is 0.0962 e. The number of rotatable bonds is 3. The minimum absolute atomic E-state index is 0.0667. The van der Waals surface area contributed by atoms with Gasteiger partial charge in [0, 0.05) is 33.3 Å². The predicted octanol–water partition coefficient (Wildman–Crippen LogP) is 1.20. The molecule has 0 unspecified atom stereocenters. The molecule has 0 saturated carbocycles. The largest absolute Gasteiger partial charge is 0.375 e. The van der Waals surface area contributed by atoms with E-state index in [1.54, 1.807) is 7.11 Å². The molecule has 0 aromatic carbocycles. The molecule has 2 rings (SSSR count). The van der Waals surface area contributed by atoms with Crippen molar-refractivity contribution >= 4 is 5.69 Å². The average molecular weight is 221 g/mol. The lowest BCUT2D eigenvalue weighted by Gasteiger charge is -2.29. The van der Waals surface area contributed by atoms with Crippen LogP contribution in [0.5, 0.6) is 0 Å². The van der Waals surface area contributed by atoms with Crippen LogP contribution >= 0.6 is 0 Å². The first-order chi connectivity index (χ1) is 7.81. The first-order valence-electron chi connectivity index (χ1n) is 5.75. The van der Waals surface area contributed by atoms with Gasteiger partial charge in [-0.05, 0) is 19.1 Å². The fourth-order valence-electron chi connectivity index (χ4n) is 1.87. The molecule has 1 aromatic heterocycles. The highest BCUT2D eigenvalue weighted by atomic mass is 16.5. The van der Waals surface area contributed by atoms with Crippen LogP contribution in [-0.2, 0) is 4.74 Å². The van der Waals surface area contributed by atoms with Crippen molar-refractivity contribution in [1.29, 1.82) is 0 Å². The molecule has 1 N–H and O–H groups in total. The molecule has 4 nitrogen and oxygen atoms in total. The highest BCUT2D eigenvalue weighted by molar-refractivity contribution is 5.45. The van der Waals surface area contributed by atoms with Gasteiger partial charge in [0.15, 0.2) is 0 Å². The second-order valence-electron chi connectivity index (χ2n) is 4.06. The molecular formula is C12H19N3O. The van der Waals surface area contributed by atoms with Crippen molar-refractivity contribution in [3.05, 3.63) is 24.0 Å². The van der Waals surface area contributed by atoms with E-state index < -0.39 is 0 Å². The summed E-state index contributed by atoms with van der Waals surface area (Å²) in [6.45, 7) is 6.22. The van der Waals surface area contributed by atoms with Crippen LogP contribution in [0.25, 0.3) is 0 Å². The normalized spacial score (nSPS) is 18.5. The summed E-state index contributed by atoms with van der Waals surface area (Å²) in [4.78, 5) is 6.79. The zero-order chi connectivity index (χ0) is 11.4. The Labute approximate surface area is 96.6 Å². The van der Waals surface area contributed by atoms with Crippen LogP contribution in [0, 0.1) is 0 Å². The van der Waals surface area contributed by atoms with Crippen LogP contribution in [0.1, 0.15) is 18.7 Å². The Morgan fingerprint density at radius 2 is 2.12 bits per heavy atom. The number of ether oxygens (including phenoxy) is 1. The van der Waals surface area contributed by atoms with Crippen LogP contribution in [0.2, 0.25) is 0 Å². The Balaban J connectivity index is 2.06. The molecule has 1 aliphatic rings. The number of anilines is 1. The number of nitrogens with zero attached hydrogens (tertiary/aromatic N) is 2. The maximum atomic E-state index is 5.24. The molecule has 1 aromatic rings. The Hall–Kier alpha value is -1.13. The van der Waals surface area contributed by atoms with E-state index in [1.807, 2.05) is 19.2 Å². The van der Waals surface area contributed by atoms with E-state index in [0.29, 0.717) is 0 Å². The van der Waals surface area contributed by atoms with E-state index in [-0.39, 0.29) is 6.10 Å². The number of pyridine rings is 1. The van der Waals surface area contributed by atoms with Crippen molar-refractivity contribution in [3.8, 4) is 0 Å². The SMILES string of the molecule is CO[C@@H](C)c1ccc(N2CCNCC2)cn1. The van der Waals surface area contributed by atoms with Gasteiger partial charge < -0.3 is 15.0 Å². The summed E-state index contributed by atoms with van der Waals surface area (Å²) >= 11 is 0. The van der Waals surface area contributed by atoms with E-state index in [2.05, 4.69) is 21.3 Å². The van der Waals surface area contributed by atoms with Crippen LogP contribution in [-0.4, -0.2) is 38.3 Å². The number of hydrogen-bond acceptors (Lipinski definition) is 4. The van der Waals surface area contributed by atoms with Gasteiger partial charge in [0.1, 0.15) is 0 Å². The van der Waals surface area contributed by atoms with Crippen molar-refractivity contribution in [3.63, 3.8) is 0 Å². The quantitative estimate of drug-likeness (QED) is 0.832. The Kier molecular flexibility index (Phi) is 3.74. The third-order valence-electron chi connectivity index (χ3n) is 3.02. The van der Waals surface area contributed by atoms with Crippen molar-refractivity contribution in [2.24, 2.45) is 0 Å². The monoisotopic (exact) mass is 221 g/mol. The number of hydrogen-bond donors (Lipinski definition) is 1. The van der Waals surface area contributed by atoms with Gasteiger partial charge in [-0.15, -0.1) is 0 Å². The number of nitrogens with one attached hydrogen (secondary N) is 1. The topological polar surface area (TPSA) is 37.4 Å². The first kappa shape index (κ1) is 11.4. The molecule has 0 aliphatic carbocycles. The molecule has 1 atom stereocenters. The van der Waals surface area contributed by atoms with Gasteiger partial charge in [-0.3, -0.25) is 4.98 Å². The van der Waals surface area contributed by atoms with Gasteiger partial charge in [-0.2, -0.15) is 0 Å². The molecule has 0 amide bonds. The molecular weight excluding hydrogens is 202 g/mol. The van der Waals surface area contributed by atoms with Crippen molar-refractivity contribution in [1.82, 2.24) is 10.3 Å². The van der Waals surface area contributed by atoms with Gasteiger partial charge in [0.25, 0.3) is 0 Å². The molecule has 2 heterocycles. The zero-order valence-electron chi connectivity index (χ0n) is 9.94. The Morgan fingerprint density at radius 1 is 1.38 bits per heavy atom. The molecule has 4 heteroatoms. The lowest BCUT2D eigenvalue weighted by Crippen LogP contribution is -2.43. The standard InChI is InChI=1S/C12H19N3O/c1-10(16-2)12-4-3-11(9-14-12)15-7-5-13-6-8-15/h3-4,9-10,13H,5-8H2,1-2H3/t10-/m0/s1. The second kappa shape index (κ2) is 5.27. The fourth-order valence-corrected chi connectivity index (χ4v) is 1.87. The van der Waals surface area contributed by atoms with Crippen molar-refractivity contribution < 1.29 is 4.74 Å². The van der Waals surface area contributed by atoms with Gasteiger partial charge in [0.05, 0.1) is 23.7 Å². The van der Waals surface area contributed by atoms with Crippen molar-refractivity contribution in [2.45, 2.75) is 13.0 Å². The summed E-state index contributed by atoms with van der Waals surface area (Å²) in [5.74, 6) is 0. The fraction of sp³-hybridized carbons (Fsp3) is 0.583. The predicted molar refractivity (Wildman–Crippen MR) is 64.7 cm³/mol. The summed E-state index contributed by atoms with van der Waals surface area (Å²) in [7, 11) is 1.70. The molecule has 1 saturated heterocycles. The second-order valence-corrected chi connectivity index (χ2v) is 4.06. The molecule has 1 fully saturated rings. The third-order valence-corrected chi connectivity index (χ3v) is 3.02. The van der Waals surface area contributed by atoms with Crippen LogP contribution in [0.3, 0.4) is 0 Å². The number of piperazine rings is 1. The summed E-state index contributed by atoms with van der Waals surface area (Å²) in [5, 5.41) is 3.34. The lowest BCUT2D eigenvalue weighted by atomic mass is 10.2. The Morgan fingerprint density at radius 3 is 2.69 bits per heavy atom. The molecule has 1 aliphatic heterocycles. The average Bonchev–Trinajstić information content (AvgIpc) is 2.39. The summed E-state index contributed by atoms with van der Waals surface area (Å²) < 4.78 is 5.24. The zero-order valence-corrected chi connectivity index (χ0v) is 9.94. The number of methoxy groups -OCH3 is 1. The van der Waals surface area contributed by atoms with E-state index in [1.165, 1.54) is 5.69 Å². The van der Waals surface area contributed by atoms with Crippen molar-refractivity contribution in [2.75, 3.05) is 38.2 Å². The molecule has 0 bridgehead atoms. The van der Waals surface area contributed by atoms with Gasteiger partial charge in [-0.1, -0.05) is 0 Å². The molecule has 0 radical (unpaired) electrons. The maximum absolute atomic E-state index is 5.24. The van der Waals surface area contributed by atoms with Crippen LogP contribution in [0.15, 0.2) is 18.3 Å². The van der Waals surface area contributed by atoms with E-state index in [9.17, 15) is 0 Å². The van der Waals surface area contributed by atoms with Gasteiger partial charge in [-0.25, -0.2) is 0 Å². The molecule has 16 heavy (non-hydrogen) atoms. The minimum atomic E-state index is 0.0667. The van der Waals surface area contributed by atoms with Gasteiger partial charge in [0.2, 0.25) is 0 Å². The highest BCUT2D eigenvalue weighted by Gasteiger charge is 2.11. The molecule has 0 spiro atoms. The minimum Gasteiger partial charge on any atom is -0.375 e. The summed E-state index contributed by atoms with van der Waals surface area (Å²) in [6.07, 6.45) is 2.01. The number of aromatic nitrogens is 1.